The summed E-state index contributed by atoms with van der Waals surface area (Å²) in [5.41, 5.74) is 0. The van der Waals surface area contributed by atoms with Gasteiger partial charge in [-0.25, -0.2) is 0 Å². The number of hydrogen-bond acceptors (Lipinski definition) is 1. The molecule has 0 bridgehead atoms. The van der Waals surface area contributed by atoms with Gasteiger partial charge in [-0.3, -0.25) is 0 Å². The van der Waals surface area contributed by atoms with E-state index in [1.807, 2.05) is 0 Å². The molecule has 0 nitrogen and oxygen atoms in total. The van der Waals surface area contributed by atoms with Gasteiger partial charge in [0.05, 0.1) is 0 Å². The zero-order valence-corrected chi connectivity index (χ0v) is 4.63. The van der Waals surface area contributed by atoms with Crippen LogP contribution in [0.25, 0.3) is 0 Å². The summed E-state index contributed by atoms with van der Waals surface area (Å²) in [6.07, 6.45) is 1.17. The maximum atomic E-state index is 4.10. The van der Waals surface area contributed by atoms with Crippen LogP contribution >= 0.6 is 12.6 Å². The van der Waals surface area contributed by atoms with Crippen LogP contribution in [0.3, 0.4) is 0 Å². The van der Waals surface area contributed by atoms with Crippen LogP contribution in [0.15, 0.2) is 0 Å². The molecule has 0 radical (unpaired) electrons. The third-order valence-electron chi connectivity index (χ3n) is 0.591. The molecule has 0 aromatic heterocycles. The Bertz CT molecular complexity index is 18.1. The lowest BCUT2D eigenvalue weighted by atomic mass is 10.4. The predicted molar refractivity (Wildman–Crippen MR) is 42.2 cm³/mol. The Balaban J connectivity index is -0.0000000800. The molecule has 0 aliphatic heterocycles. The molecule has 0 aliphatic carbocycles. The molecule has 0 N–H and O–H groups in total. The molecule has 0 aromatic rings. The molecule has 0 fully saturated rings. The molecule has 0 spiro atoms. The molecule has 0 rings (SSSR count). The van der Waals surface area contributed by atoms with Crippen molar-refractivity contribution in [3.63, 3.8) is 0 Å². The minimum absolute atomic E-state index is 0. The molecule has 48 valence electrons. The number of rotatable bonds is 1. The Labute approximate surface area is 53.7 Å². The Kier molecular flexibility index (Phi) is 21.5. The maximum absolute atomic E-state index is 4.10. The first kappa shape index (κ1) is 15.7. The highest BCUT2D eigenvalue weighted by Gasteiger charge is 1.81. The van der Waals surface area contributed by atoms with Crippen LogP contribution in [0.4, 0.5) is 0 Å². The zero-order valence-electron chi connectivity index (χ0n) is 3.73. The predicted octanol–water partition coefficient (Wildman–Crippen LogP) is 2.99. The Morgan fingerprint density at radius 3 is 1.57 bits per heavy atom. The highest BCUT2D eigenvalue weighted by Crippen LogP contribution is 1.94. The van der Waals surface area contributed by atoms with Crippen LogP contribution < -0.4 is 0 Å². The molecule has 1 unspecified atom stereocenters. The van der Waals surface area contributed by atoms with E-state index in [9.17, 15) is 0 Å². The van der Waals surface area contributed by atoms with Gasteiger partial charge in [-0.05, 0) is 11.7 Å². The van der Waals surface area contributed by atoms with Gasteiger partial charge in [0.15, 0.2) is 0 Å². The molecular weight excluding hydrogens is 104 g/mol. The van der Waals surface area contributed by atoms with E-state index >= 15 is 0 Å². The largest absolute Gasteiger partial charge is 0.176 e. The fraction of sp³-hybridized carbons (Fsp3) is 1.00. The first-order chi connectivity index (χ1) is 2.27. The third kappa shape index (κ3) is 21.8. The number of hydrogen-bond donors (Lipinski definition) is 1. The normalized spacial score (nSPS) is 10.7. The highest BCUT2D eigenvalue weighted by molar-refractivity contribution is 7.80. The van der Waals surface area contributed by atoms with E-state index in [0.29, 0.717) is 5.25 Å². The first-order valence-corrected chi connectivity index (χ1v) is 2.47. The lowest BCUT2D eigenvalue weighted by Crippen LogP contribution is -1.81. The molecular formula is C6H18S. The molecule has 0 aliphatic rings. The van der Waals surface area contributed by atoms with Crippen molar-refractivity contribution >= 4 is 12.6 Å². The zero-order chi connectivity index (χ0) is 4.28. The van der Waals surface area contributed by atoms with Gasteiger partial charge in [-0.15, -0.1) is 0 Å². The maximum Gasteiger partial charge on any atom is -0.00142 e. The molecule has 0 aromatic carbocycles. The molecule has 1 atom stereocenters. The average Bonchev–Trinajstić information content (AvgIpc) is 1.38. The fourth-order valence-corrected chi connectivity index (χ4v) is 0. The SMILES string of the molecule is C.C.CCC(C)S. The van der Waals surface area contributed by atoms with Gasteiger partial charge in [-0.1, -0.05) is 28.7 Å². The fourth-order valence-electron chi connectivity index (χ4n) is 0. The molecule has 0 amide bonds. The smallest absolute Gasteiger partial charge is 0.00142 e. The summed E-state index contributed by atoms with van der Waals surface area (Å²) in [5.74, 6) is 0. The highest BCUT2D eigenvalue weighted by atomic mass is 32.1. The van der Waals surface area contributed by atoms with Gasteiger partial charge in [0.2, 0.25) is 0 Å². The standard InChI is InChI=1S/C4H10S.2CH4/c1-3-4(2)5;;/h4-5H,3H2,1-2H3;2*1H4. The van der Waals surface area contributed by atoms with Crippen LogP contribution in [-0.2, 0) is 0 Å². The topological polar surface area (TPSA) is 0 Å². The van der Waals surface area contributed by atoms with E-state index in [2.05, 4.69) is 26.5 Å². The second-order valence-electron chi connectivity index (χ2n) is 1.26. The minimum atomic E-state index is 0. The van der Waals surface area contributed by atoms with Gasteiger partial charge in [-0.2, -0.15) is 12.6 Å². The molecule has 0 heterocycles. The molecule has 0 saturated heterocycles. The van der Waals surface area contributed by atoms with Crippen molar-refractivity contribution in [2.24, 2.45) is 0 Å². The summed E-state index contributed by atoms with van der Waals surface area (Å²) in [5, 5.41) is 0.579. The third-order valence-corrected chi connectivity index (χ3v) is 0.956. The van der Waals surface area contributed by atoms with E-state index in [1.165, 1.54) is 6.42 Å². The Morgan fingerprint density at radius 2 is 1.57 bits per heavy atom. The summed E-state index contributed by atoms with van der Waals surface area (Å²) in [6.45, 7) is 4.21. The van der Waals surface area contributed by atoms with Gasteiger partial charge < -0.3 is 0 Å². The summed E-state index contributed by atoms with van der Waals surface area (Å²) >= 11 is 4.10. The van der Waals surface area contributed by atoms with Crippen LogP contribution in [0.2, 0.25) is 0 Å². The second kappa shape index (κ2) is 9.61. The summed E-state index contributed by atoms with van der Waals surface area (Å²) in [4.78, 5) is 0. The summed E-state index contributed by atoms with van der Waals surface area (Å²) in [7, 11) is 0. The molecule has 7 heavy (non-hydrogen) atoms. The quantitative estimate of drug-likeness (QED) is 0.508. The van der Waals surface area contributed by atoms with E-state index in [1.54, 1.807) is 0 Å². The lowest BCUT2D eigenvalue weighted by Gasteiger charge is -1.89. The minimum Gasteiger partial charge on any atom is -0.176 e. The van der Waals surface area contributed by atoms with E-state index in [-0.39, 0.29) is 14.9 Å². The van der Waals surface area contributed by atoms with Crippen LogP contribution in [-0.4, -0.2) is 5.25 Å². The van der Waals surface area contributed by atoms with Gasteiger partial charge >= 0.3 is 0 Å². The lowest BCUT2D eigenvalue weighted by molar-refractivity contribution is 0.913. The van der Waals surface area contributed by atoms with Crippen molar-refractivity contribution in [1.29, 1.82) is 0 Å². The average molecular weight is 122 g/mol. The first-order valence-electron chi connectivity index (χ1n) is 1.95. The molecule has 0 saturated carbocycles. The van der Waals surface area contributed by atoms with Crippen LogP contribution in [0, 0.1) is 0 Å². The van der Waals surface area contributed by atoms with Gasteiger partial charge in [0.25, 0.3) is 0 Å². The molecule has 1 heteroatoms. The van der Waals surface area contributed by atoms with Crippen molar-refractivity contribution in [3.05, 3.63) is 0 Å². The van der Waals surface area contributed by atoms with Crippen molar-refractivity contribution in [1.82, 2.24) is 0 Å². The van der Waals surface area contributed by atoms with Crippen LogP contribution in [0.1, 0.15) is 35.1 Å². The van der Waals surface area contributed by atoms with Gasteiger partial charge in [0.1, 0.15) is 0 Å². The monoisotopic (exact) mass is 122 g/mol. The van der Waals surface area contributed by atoms with Crippen molar-refractivity contribution in [3.8, 4) is 0 Å². The Morgan fingerprint density at radius 1 is 1.43 bits per heavy atom. The number of thiol groups is 1. The van der Waals surface area contributed by atoms with E-state index in [4.69, 9.17) is 0 Å². The van der Waals surface area contributed by atoms with Gasteiger partial charge in [0, 0.05) is 0 Å². The second-order valence-corrected chi connectivity index (χ2v) is 2.14. The van der Waals surface area contributed by atoms with Crippen molar-refractivity contribution in [2.45, 2.75) is 40.4 Å². The van der Waals surface area contributed by atoms with Crippen molar-refractivity contribution < 1.29 is 0 Å². The van der Waals surface area contributed by atoms with Crippen molar-refractivity contribution in [2.75, 3.05) is 0 Å². The Hall–Kier alpha value is 0.350. The summed E-state index contributed by atoms with van der Waals surface area (Å²) in [6, 6.07) is 0. The summed E-state index contributed by atoms with van der Waals surface area (Å²) < 4.78 is 0. The van der Waals surface area contributed by atoms with E-state index < -0.39 is 0 Å². The van der Waals surface area contributed by atoms with E-state index in [0.717, 1.165) is 0 Å². The van der Waals surface area contributed by atoms with Crippen LogP contribution in [0.5, 0.6) is 0 Å².